The lowest BCUT2D eigenvalue weighted by Gasteiger charge is -2.66. The summed E-state index contributed by atoms with van der Waals surface area (Å²) < 4.78 is 23.1. The van der Waals surface area contributed by atoms with E-state index < -0.39 is 35.1 Å². The van der Waals surface area contributed by atoms with Crippen molar-refractivity contribution < 1.29 is 39.1 Å². The zero-order valence-corrected chi connectivity index (χ0v) is 25.0. The number of nitriles is 1. The smallest absolute Gasteiger partial charge is 0.331 e. The maximum atomic E-state index is 12.6. The SMILES string of the molecule is CO[C@@H]1C[C@H](O[C@H]2CC[C@]3(C=NCC#N)[C@H]4CC[C@]5(C)[C@@H](C6=CC(=O)OC6)CC[C@]5(O)[C@@H]4CC[C@]3(O)C2)O[C@@H](C)[C@H]1O. The summed E-state index contributed by atoms with van der Waals surface area (Å²) in [5.74, 6) is -0.229. The van der Waals surface area contributed by atoms with E-state index >= 15 is 0 Å². The van der Waals surface area contributed by atoms with Gasteiger partial charge in [-0.3, -0.25) is 4.99 Å². The Hall–Kier alpha value is -1.87. The van der Waals surface area contributed by atoms with E-state index in [0.717, 1.165) is 24.8 Å². The predicted molar refractivity (Wildman–Crippen MR) is 151 cm³/mol. The Morgan fingerprint density at radius 2 is 1.95 bits per heavy atom. The average Bonchev–Trinajstić information content (AvgIpc) is 3.50. The topological polar surface area (TPSA) is 151 Å². The van der Waals surface area contributed by atoms with E-state index in [1.807, 2.05) is 13.1 Å². The summed E-state index contributed by atoms with van der Waals surface area (Å²) in [6, 6.07) is 2.11. The lowest BCUT2D eigenvalue weighted by molar-refractivity contribution is -0.284. The molecule has 6 rings (SSSR count). The maximum Gasteiger partial charge on any atom is 0.331 e. The molecular weight excluding hydrogens is 540 g/mol. The molecule has 10 heteroatoms. The first-order valence-corrected chi connectivity index (χ1v) is 15.7. The van der Waals surface area contributed by atoms with Gasteiger partial charge in [-0.05, 0) is 81.6 Å². The number of fused-ring (bicyclic) bond motifs is 5. The summed E-state index contributed by atoms with van der Waals surface area (Å²) in [6.45, 7) is 4.32. The van der Waals surface area contributed by atoms with Crippen LogP contribution in [-0.2, 0) is 23.7 Å². The molecule has 3 N–H and O–H groups in total. The van der Waals surface area contributed by atoms with Crippen LogP contribution in [0.3, 0.4) is 0 Å². The average molecular weight is 587 g/mol. The minimum atomic E-state index is -1.10. The standard InChI is InChI=1S/C32H46N2O8/c1-19-28(36)25(39-3)15-27(41-19)42-21-4-9-30(18-34-13-12-33)23-5-8-29(2)22(20-14-26(35)40-17-20)7-11-32(29,38)24(23)6-10-31(30,37)16-21/h14,18-19,21-25,27-28,36-38H,4-11,13,15-17H2,1-3H3/t19-,21-,22+,23-,24+,25+,27-,28+,29+,30-,31-,32-/m0/s1. The molecular formula is C32H46N2O8. The van der Waals surface area contributed by atoms with E-state index in [9.17, 15) is 25.4 Å². The monoisotopic (exact) mass is 586 g/mol. The molecule has 0 unspecified atom stereocenters. The number of esters is 1. The number of cyclic esters (lactones) is 1. The molecule has 4 aliphatic carbocycles. The summed E-state index contributed by atoms with van der Waals surface area (Å²) in [7, 11) is 1.58. The number of methoxy groups -OCH3 is 1. The molecule has 0 amide bonds. The Balaban J connectivity index is 1.26. The van der Waals surface area contributed by atoms with Gasteiger partial charge in [0.1, 0.15) is 19.3 Å². The highest BCUT2D eigenvalue weighted by Crippen LogP contribution is 2.70. The van der Waals surface area contributed by atoms with Gasteiger partial charge in [0, 0.05) is 43.1 Å². The second-order valence-corrected chi connectivity index (χ2v) is 14.0. The number of aliphatic hydroxyl groups is 3. The number of aliphatic imine (C=N–C) groups is 1. The quantitative estimate of drug-likeness (QED) is 0.185. The van der Waals surface area contributed by atoms with Gasteiger partial charge in [-0.1, -0.05) is 6.92 Å². The largest absolute Gasteiger partial charge is 0.458 e. The number of nitrogens with zero attached hydrogens (tertiary/aromatic N) is 2. The van der Waals surface area contributed by atoms with Gasteiger partial charge < -0.3 is 34.3 Å². The van der Waals surface area contributed by atoms with E-state index in [-0.39, 0.29) is 47.9 Å². The number of hydrogen-bond acceptors (Lipinski definition) is 10. The van der Waals surface area contributed by atoms with Crippen molar-refractivity contribution in [3.63, 3.8) is 0 Å². The number of ether oxygens (including phenoxy) is 4. The second-order valence-electron chi connectivity index (χ2n) is 14.0. The number of aliphatic hydroxyl groups excluding tert-OH is 1. The highest BCUT2D eigenvalue weighted by molar-refractivity contribution is 5.85. The van der Waals surface area contributed by atoms with Crippen molar-refractivity contribution in [2.24, 2.45) is 33.6 Å². The van der Waals surface area contributed by atoms with Crippen LogP contribution < -0.4 is 0 Å². The molecule has 0 aromatic rings. The maximum absolute atomic E-state index is 12.6. The number of carbonyl (C=O) groups is 1. The first kappa shape index (κ1) is 30.2. The number of carbonyl (C=O) groups excluding carboxylic acids is 1. The van der Waals surface area contributed by atoms with Crippen LogP contribution in [0.25, 0.3) is 0 Å². The van der Waals surface area contributed by atoms with Crippen molar-refractivity contribution in [3.05, 3.63) is 11.6 Å². The summed E-state index contributed by atoms with van der Waals surface area (Å²) >= 11 is 0. The first-order chi connectivity index (χ1) is 20.0. The fourth-order valence-corrected chi connectivity index (χ4v) is 10.3. The van der Waals surface area contributed by atoms with Gasteiger partial charge in [0.05, 0.1) is 35.6 Å². The van der Waals surface area contributed by atoms with Gasteiger partial charge in [-0.15, -0.1) is 0 Å². The van der Waals surface area contributed by atoms with Crippen molar-refractivity contribution in [2.75, 3.05) is 20.3 Å². The molecule has 1 saturated heterocycles. The van der Waals surface area contributed by atoms with Gasteiger partial charge in [-0.2, -0.15) is 5.26 Å². The molecule has 42 heavy (non-hydrogen) atoms. The van der Waals surface area contributed by atoms with Gasteiger partial charge in [0.25, 0.3) is 0 Å². The molecule has 0 aromatic heterocycles. The highest BCUT2D eigenvalue weighted by atomic mass is 16.7. The summed E-state index contributed by atoms with van der Waals surface area (Å²) in [6.07, 6.45) is 7.57. The first-order valence-electron chi connectivity index (χ1n) is 15.7. The third-order valence-corrected chi connectivity index (χ3v) is 12.4. The molecule has 6 aliphatic rings. The van der Waals surface area contributed by atoms with Gasteiger partial charge >= 0.3 is 5.97 Å². The van der Waals surface area contributed by atoms with E-state index in [4.69, 9.17) is 18.9 Å². The molecule has 0 bridgehead atoms. The van der Waals surface area contributed by atoms with Crippen LogP contribution in [0.5, 0.6) is 0 Å². The molecule has 12 atom stereocenters. The molecule has 2 aliphatic heterocycles. The minimum absolute atomic E-state index is 0.00544. The Morgan fingerprint density at radius 3 is 2.67 bits per heavy atom. The Bertz CT molecular complexity index is 1170. The van der Waals surface area contributed by atoms with Crippen LogP contribution in [0, 0.1) is 39.9 Å². The van der Waals surface area contributed by atoms with E-state index in [2.05, 4.69) is 18.0 Å². The van der Waals surface area contributed by atoms with Crippen LogP contribution in [0.2, 0.25) is 0 Å². The Kier molecular flexibility index (Phi) is 7.85. The zero-order chi connectivity index (χ0) is 29.9. The number of hydrogen-bond donors (Lipinski definition) is 3. The third-order valence-electron chi connectivity index (χ3n) is 12.4. The lowest BCUT2D eigenvalue weighted by atomic mass is 9.41. The molecule has 4 saturated carbocycles. The molecule has 5 fully saturated rings. The van der Waals surface area contributed by atoms with Crippen molar-refractivity contribution in [1.82, 2.24) is 0 Å². The Labute approximate surface area is 248 Å². The van der Waals surface area contributed by atoms with E-state index in [1.54, 1.807) is 13.2 Å². The molecule has 0 spiro atoms. The van der Waals surface area contributed by atoms with Crippen LogP contribution in [-0.4, -0.2) is 89.7 Å². The second kappa shape index (κ2) is 10.9. The fraction of sp³-hybridized carbons (Fsp3) is 0.844. The van der Waals surface area contributed by atoms with Crippen molar-refractivity contribution in [1.29, 1.82) is 5.26 Å². The Morgan fingerprint density at radius 1 is 1.17 bits per heavy atom. The number of rotatable bonds is 6. The lowest BCUT2D eigenvalue weighted by Crippen LogP contribution is -2.69. The van der Waals surface area contributed by atoms with E-state index in [0.29, 0.717) is 51.6 Å². The third kappa shape index (κ3) is 4.50. The van der Waals surface area contributed by atoms with Crippen LogP contribution in [0.1, 0.15) is 78.1 Å². The molecule has 232 valence electrons. The summed E-state index contributed by atoms with van der Waals surface area (Å²) in [5, 5.41) is 44.7. The van der Waals surface area contributed by atoms with Gasteiger partial charge in [0.15, 0.2) is 6.29 Å². The zero-order valence-electron chi connectivity index (χ0n) is 25.0. The molecule has 0 radical (unpaired) electrons. The minimum Gasteiger partial charge on any atom is -0.458 e. The molecule has 10 nitrogen and oxygen atoms in total. The van der Waals surface area contributed by atoms with Gasteiger partial charge in [0.2, 0.25) is 0 Å². The van der Waals surface area contributed by atoms with Crippen LogP contribution in [0.15, 0.2) is 16.6 Å². The molecule has 2 heterocycles. The molecule has 0 aromatic carbocycles. The normalized spacial score (nSPS) is 50.4. The fourth-order valence-electron chi connectivity index (χ4n) is 10.3. The van der Waals surface area contributed by atoms with Crippen molar-refractivity contribution in [3.8, 4) is 6.07 Å². The van der Waals surface area contributed by atoms with Crippen LogP contribution in [0.4, 0.5) is 0 Å². The van der Waals surface area contributed by atoms with Gasteiger partial charge in [-0.25, -0.2) is 4.79 Å². The van der Waals surface area contributed by atoms with Crippen molar-refractivity contribution >= 4 is 12.2 Å². The van der Waals surface area contributed by atoms with Crippen LogP contribution >= 0.6 is 0 Å². The summed E-state index contributed by atoms with van der Waals surface area (Å²) in [4.78, 5) is 16.4. The summed E-state index contributed by atoms with van der Waals surface area (Å²) in [5.41, 5.74) is -2.10. The van der Waals surface area contributed by atoms with E-state index in [1.165, 1.54) is 0 Å². The highest BCUT2D eigenvalue weighted by Gasteiger charge is 2.71. The predicted octanol–water partition coefficient (Wildman–Crippen LogP) is 2.83. The van der Waals surface area contributed by atoms with Crippen molar-refractivity contribution in [2.45, 2.75) is 120 Å².